The molecule has 198 valence electrons. The molecule has 2 nitrogen and oxygen atoms in total. The number of rotatable bonds is 4. The number of imidazole rings is 1. The molecule has 0 bridgehead atoms. The van der Waals surface area contributed by atoms with Gasteiger partial charge in [0.15, 0.2) is 0 Å². The Kier molecular flexibility index (Phi) is 5.72. The topological polar surface area (TPSA) is 17.8 Å². The molecule has 0 aliphatic heterocycles. The quantitative estimate of drug-likeness (QED) is 0.205. The zero-order valence-corrected chi connectivity index (χ0v) is 23.3. The monoisotopic (exact) mass is 536 g/mol. The van der Waals surface area contributed by atoms with E-state index < -0.39 is 0 Å². The molecule has 2 heteroatoms. The molecule has 1 aromatic heterocycles. The third-order valence-electron chi connectivity index (χ3n) is 8.30. The maximum atomic E-state index is 5.16. The highest BCUT2D eigenvalue weighted by Crippen LogP contribution is 2.44. The summed E-state index contributed by atoms with van der Waals surface area (Å²) in [6, 6.07) is 54.2. The second kappa shape index (κ2) is 9.87. The Morgan fingerprint density at radius 1 is 0.452 bits per heavy atom. The van der Waals surface area contributed by atoms with Gasteiger partial charge in [-0.1, -0.05) is 133 Å². The lowest BCUT2D eigenvalue weighted by atomic mass is 9.86. The number of nitrogens with zero attached hydrogens (tertiary/aromatic N) is 2. The van der Waals surface area contributed by atoms with Crippen molar-refractivity contribution in [2.24, 2.45) is 0 Å². The van der Waals surface area contributed by atoms with Crippen LogP contribution in [0.25, 0.3) is 71.9 Å². The van der Waals surface area contributed by atoms with Crippen LogP contribution in [0.15, 0.2) is 152 Å². The van der Waals surface area contributed by atoms with Crippen LogP contribution in [0.1, 0.15) is 5.56 Å². The molecule has 0 unspecified atom stereocenters. The summed E-state index contributed by atoms with van der Waals surface area (Å²) in [6.45, 7) is 2.17. The molecule has 0 aliphatic rings. The van der Waals surface area contributed by atoms with Gasteiger partial charge in [-0.05, 0) is 74.5 Å². The minimum Gasteiger partial charge on any atom is -0.292 e. The first-order chi connectivity index (χ1) is 20.8. The van der Waals surface area contributed by atoms with Gasteiger partial charge in [-0.25, -0.2) is 4.98 Å². The molecule has 0 radical (unpaired) electrons. The second-order valence-electron chi connectivity index (χ2n) is 10.8. The fourth-order valence-corrected chi connectivity index (χ4v) is 6.46. The van der Waals surface area contributed by atoms with Crippen LogP contribution >= 0.6 is 0 Å². The van der Waals surface area contributed by atoms with Crippen molar-refractivity contribution in [2.45, 2.75) is 6.92 Å². The Morgan fingerprint density at radius 3 is 1.60 bits per heavy atom. The summed E-state index contributed by atoms with van der Waals surface area (Å²) in [5, 5.41) is 4.98. The van der Waals surface area contributed by atoms with Gasteiger partial charge in [-0.15, -0.1) is 0 Å². The molecule has 8 aromatic rings. The fourth-order valence-electron chi connectivity index (χ4n) is 6.46. The van der Waals surface area contributed by atoms with Gasteiger partial charge in [-0.2, -0.15) is 0 Å². The number of hydrogen-bond acceptors (Lipinski definition) is 1. The molecular weight excluding hydrogens is 508 g/mol. The van der Waals surface area contributed by atoms with Gasteiger partial charge in [0.2, 0.25) is 0 Å². The van der Waals surface area contributed by atoms with E-state index in [0.29, 0.717) is 0 Å². The molecule has 1 heterocycles. The standard InChI is InChI=1S/C40H28N2/c1-27-14-13-23-36-39(27)42(40(41-36)30-19-9-4-10-20-30)31-24-25-34-35(26-31)38(29-17-7-3-8-18-29)33-22-12-11-21-32(33)37(34)28-15-5-2-6-16-28/h2-26H,1H3. The molecule has 8 rings (SSSR count). The molecule has 0 fully saturated rings. The maximum Gasteiger partial charge on any atom is 0.145 e. The Morgan fingerprint density at radius 2 is 0.976 bits per heavy atom. The predicted octanol–water partition coefficient (Wildman–Crippen LogP) is 10.6. The summed E-state index contributed by atoms with van der Waals surface area (Å²) in [4.78, 5) is 5.16. The molecule has 42 heavy (non-hydrogen) atoms. The van der Waals surface area contributed by atoms with Crippen molar-refractivity contribution >= 4 is 32.6 Å². The van der Waals surface area contributed by atoms with Gasteiger partial charge in [0.05, 0.1) is 11.0 Å². The number of aromatic nitrogens is 2. The number of para-hydroxylation sites is 1. The fraction of sp³-hybridized carbons (Fsp3) is 0.0250. The number of hydrogen-bond donors (Lipinski definition) is 0. The van der Waals surface area contributed by atoms with Crippen LogP contribution < -0.4 is 0 Å². The molecule has 0 amide bonds. The Balaban J connectivity index is 1.53. The van der Waals surface area contributed by atoms with Crippen molar-refractivity contribution in [2.75, 3.05) is 0 Å². The van der Waals surface area contributed by atoms with Crippen LogP contribution in [0, 0.1) is 6.92 Å². The van der Waals surface area contributed by atoms with Gasteiger partial charge < -0.3 is 0 Å². The van der Waals surface area contributed by atoms with E-state index >= 15 is 0 Å². The molecule has 0 N–H and O–H groups in total. The molecule has 0 saturated heterocycles. The Hall–Kier alpha value is -5.47. The van der Waals surface area contributed by atoms with Gasteiger partial charge in [0.25, 0.3) is 0 Å². The third kappa shape index (κ3) is 3.84. The van der Waals surface area contributed by atoms with E-state index in [1.165, 1.54) is 49.4 Å². The molecule has 0 saturated carbocycles. The van der Waals surface area contributed by atoms with Crippen LogP contribution in [0.2, 0.25) is 0 Å². The summed E-state index contributed by atoms with van der Waals surface area (Å²) < 4.78 is 2.34. The van der Waals surface area contributed by atoms with E-state index in [1.54, 1.807) is 0 Å². The maximum absolute atomic E-state index is 5.16. The zero-order chi connectivity index (χ0) is 28.0. The summed E-state index contributed by atoms with van der Waals surface area (Å²) in [7, 11) is 0. The minimum atomic E-state index is 0.949. The average Bonchev–Trinajstić information content (AvgIpc) is 3.46. The number of aryl methyl sites for hydroxylation is 1. The SMILES string of the molecule is Cc1cccc2nc(-c3ccccc3)n(-c3ccc4c(-c5ccccc5)c5ccccc5c(-c5ccccc5)c4c3)c12. The van der Waals surface area contributed by atoms with Gasteiger partial charge in [-0.3, -0.25) is 4.57 Å². The second-order valence-corrected chi connectivity index (χ2v) is 10.8. The largest absolute Gasteiger partial charge is 0.292 e. The Labute approximate surface area is 245 Å². The summed E-state index contributed by atoms with van der Waals surface area (Å²) >= 11 is 0. The van der Waals surface area contributed by atoms with Crippen LogP contribution in [0.4, 0.5) is 0 Å². The van der Waals surface area contributed by atoms with E-state index in [2.05, 4.69) is 163 Å². The Bertz CT molecular complexity index is 2230. The van der Waals surface area contributed by atoms with Crippen LogP contribution in [-0.2, 0) is 0 Å². The highest BCUT2D eigenvalue weighted by atomic mass is 15.1. The normalized spacial score (nSPS) is 11.5. The van der Waals surface area contributed by atoms with Crippen LogP contribution in [0.5, 0.6) is 0 Å². The van der Waals surface area contributed by atoms with Crippen molar-refractivity contribution in [1.82, 2.24) is 9.55 Å². The van der Waals surface area contributed by atoms with Crippen molar-refractivity contribution in [3.05, 3.63) is 157 Å². The first-order valence-electron chi connectivity index (χ1n) is 14.4. The van der Waals surface area contributed by atoms with Crippen molar-refractivity contribution in [3.63, 3.8) is 0 Å². The molecule has 7 aromatic carbocycles. The lowest BCUT2D eigenvalue weighted by molar-refractivity contribution is 1.10. The lowest BCUT2D eigenvalue weighted by Gasteiger charge is -2.19. The molecular formula is C40H28N2. The van der Waals surface area contributed by atoms with Crippen molar-refractivity contribution in [3.8, 4) is 39.3 Å². The molecule has 0 atom stereocenters. The average molecular weight is 537 g/mol. The summed E-state index contributed by atoms with van der Waals surface area (Å²) in [6.07, 6.45) is 0. The highest BCUT2D eigenvalue weighted by molar-refractivity contribution is 6.21. The first kappa shape index (κ1) is 24.3. The van der Waals surface area contributed by atoms with Gasteiger partial charge in [0, 0.05) is 11.3 Å². The molecule has 0 aliphatic carbocycles. The van der Waals surface area contributed by atoms with Crippen molar-refractivity contribution in [1.29, 1.82) is 0 Å². The summed E-state index contributed by atoms with van der Waals surface area (Å²) in [5.74, 6) is 0.949. The van der Waals surface area contributed by atoms with E-state index in [0.717, 1.165) is 28.1 Å². The number of benzene rings is 7. The van der Waals surface area contributed by atoms with E-state index in [4.69, 9.17) is 4.98 Å². The molecule has 0 spiro atoms. The number of fused-ring (bicyclic) bond motifs is 3. The van der Waals surface area contributed by atoms with Crippen LogP contribution in [-0.4, -0.2) is 9.55 Å². The minimum absolute atomic E-state index is 0.949. The third-order valence-corrected chi connectivity index (χ3v) is 8.30. The highest BCUT2D eigenvalue weighted by Gasteiger charge is 2.20. The first-order valence-corrected chi connectivity index (χ1v) is 14.4. The van der Waals surface area contributed by atoms with Crippen molar-refractivity contribution < 1.29 is 0 Å². The predicted molar refractivity (Wildman–Crippen MR) is 177 cm³/mol. The van der Waals surface area contributed by atoms with E-state index in [9.17, 15) is 0 Å². The van der Waals surface area contributed by atoms with Gasteiger partial charge in [0.1, 0.15) is 5.82 Å². The zero-order valence-electron chi connectivity index (χ0n) is 23.3. The smallest absolute Gasteiger partial charge is 0.145 e. The summed E-state index contributed by atoms with van der Waals surface area (Å²) in [5.41, 5.74) is 10.5. The van der Waals surface area contributed by atoms with E-state index in [-0.39, 0.29) is 0 Å². The lowest BCUT2D eigenvalue weighted by Crippen LogP contribution is -2.00. The van der Waals surface area contributed by atoms with Crippen LogP contribution in [0.3, 0.4) is 0 Å². The van der Waals surface area contributed by atoms with E-state index in [1.807, 2.05) is 0 Å². The van der Waals surface area contributed by atoms with Gasteiger partial charge >= 0.3 is 0 Å².